The third kappa shape index (κ3) is 3.54. The zero-order valence-corrected chi connectivity index (χ0v) is 13.9. The van der Waals surface area contributed by atoms with E-state index in [0.717, 1.165) is 35.6 Å². The van der Waals surface area contributed by atoms with E-state index in [2.05, 4.69) is 25.5 Å². The van der Waals surface area contributed by atoms with E-state index in [9.17, 15) is 4.79 Å². The van der Waals surface area contributed by atoms with Crippen molar-refractivity contribution in [3.63, 3.8) is 0 Å². The maximum absolute atomic E-state index is 12.1. The van der Waals surface area contributed by atoms with Crippen LogP contribution in [-0.2, 0) is 7.05 Å². The van der Waals surface area contributed by atoms with E-state index in [1.807, 2.05) is 39.7 Å². The van der Waals surface area contributed by atoms with Crippen LogP contribution in [-0.4, -0.2) is 58.0 Å². The number of aromatic nitrogens is 4. The maximum atomic E-state index is 12.1. The van der Waals surface area contributed by atoms with Gasteiger partial charge in [-0.15, -0.1) is 0 Å². The van der Waals surface area contributed by atoms with Crippen LogP contribution in [0.15, 0.2) is 6.07 Å². The number of nitrogens with zero attached hydrogens (tertiary/aromatic N) is 4. The van der Waals surface area contributed by atoms with E-state index in [4.69, 9.17) is 0 Å². The lowest BCUT2D eigenvalue weighted by Crippen LogP contribution is -2.27. The zero-order valence-electron chi connectivity index (χ0n) is 13.9. The topological polar surface area (TPSA) is 78.8 Å². The van der Waals surface area contributed by atoms with E-state index < -0.39 is 0 Å². The fourth-order valence-electron chi connectivity index (χ4n) is 2.40. The molecule has 0 aromatic carbocycles. The van der Waals surface area contributed by atoms with Crippen molar-refractivity contribution in [2.75, 3.05) is 27.2 Å². The second-order valence-corrected chi connectivity index (χ2v) is 5.75. The van der Waals surface area contributed by atoms with E-state index in [1.165, 1.54) is 0 Å². The van der Waals surface area contributed by atoms with Crippen LogP contribution < -0.4 is 5.32 Å². The van der Waals surface area contributed by atoms with Gasteiger partial charge in [0.15, 0.2) is 0 Å². The lowest BCUT2D eigenvalue weighted by Gasteiger charge is -2.09. The average Bonchev–Trinajstić information content (AvgIpc) is 3.00. The predicted molar refractivity (Wildman–Crippen MR) is 85.8 cm³/mol. The van der Waals surface area contributed by atoms with Crippen molar-refractivity contribution in [1.29, 1.82) is 0 Å². The molecule has 0 aliphatic rings. The van der Waals surface area contributed by atoms with Gasteiger partial charge >= 0.3 is 0 Å². The summed E-state index contributed by atoms with van der Waals surface area (Å²) in [5.41, 5.74) is 4.14. The van der Waals surface area contributed by atoms with Crippen LogP contribution in [0.5, 0.6) is 0 Å². The summed E-state index contributed by atoms with van der Waals surface area (Å²) in [5, 5.41) is 14.3. The molecule has 0 radical (unpaired) electrons. The molecule has 0 aliphatic heterocycles. The summed E-state index contributed by atoms with van der Waals surface area (Å²) in [5.74, 6) is -0.128. The molecule has 120 valence electrons. The van der Waals surface area contributed by atoms with Crippen LogP contribution in [0, 0.1) is 13.8 Å². The summed E-state index contributed by atoms with van der Waals surface area (Å²) in [6.07, 6.45) is 0.917. The molecule has 7 nitrogen and oxygen atoms in total. The summed E-state index contributed by atoms with van der Waals surface area (Å²) in [6.45, 7) is 5.53. The smallest absolute Gasteiger partial charge is 0.269 e. The summed E-state index contributed by atoms with van der Waals surface area (Å²) in [4.78, 5) is 14.2. The fraction of sp³-hybridized carbons (Fsp3) is 0.533. The number of rotatable bonds is 6. The molecule has 7 heteroatoms. The Morgan fingerprint density at radius 2 is 2.14 bits per heavy atom. The van der Waals surface area contributed by atoms with Gasteiger partial charge in [-0.25, -0.2) is 0 Å². The van der Waals surface area contributed by atoms with Crippen molar-refractivity contribution in [3.05, 3.63) is 23.1 Å². The van der Waals surface area contributed by atoms with Gasteiger partial charge in [0.25, 0.3) is 5.91 Å². The number of H-pyrrole nitrogens is 1. The normalized spacial score (nSPS) is 11.2. The first-order chi connectivity index (χ1) is 10.4. The lowest BCUT2D eigenvalue weighted by molar-refractivity contribution is 0.0947. The molecule has 2 N–H and O–H groups in total. The molecule has 2 heterocycles. The molecule has 0 aliphatic carbocycles. The van der Waals surface area contributed by atoms with Gasteiger partial charge in [-0.2, -0.15) is 10.2 Å². The molecule has 0 spiro atoms. The second kappa shape index (κ2) is 6.74. The fourth-order valence-corrected chi connectivity index (χ4v) is 2.40. The number of aromatic amines is 1. The van der Waals surface area contributed by atoms with Gasteiger partial charge in [-0.05, 0) is 47.0 Å². The number of carbonyl (C=O) groups excluding carboxylic acids is 1. The Morgan fingerprint density at radius 1 is 1.41 bits per heavy atom. The minimum atomic E-state index is -0.128. The van der Waals surface area contributed by atoms with E-state index >= 15 is 0 Å². The second-order valence-electron chi connectivity index (χ2n) is 5.75. The molecule has 0 fully saturated rings. The van der Waals surface area contributed by atoms with Crippen LogP contribution in [0.4, 0.5) is 0 Å². The predicted octanol–water partition coefficient (Wildman–Crippen LogP) is 1.11. The van der Waals surface area contributed by atoms with Crippen molar-refractivity contribution in [3.8, 4) is 11.3 Å². The SMILES string of the molecule is Cc1nn(C)c(C)c1-c1cc(C(=O)NCCCN(C)C)[nH]n1. The summed E-state index contributed by atoms with van der Waals surface area (Å²) >= 11 is 0. The molecule has 0 unspecified atom stereocenters. The standard InChI is InChI=1S/C15H24N6O/c1-10-14(11(2)21(5)19-10)12-9-13(18-17-12)15(22)16-7-6-8-20(3)4/h9H,6-8H2,1-5H3,(H,16,22)(H,17,18). The Morgan fingerprint density at radius 3 is 2.73 bits per heavy atom. The molecule has 2 aromatic heterocycles. The Hall–Kier alpha value is -2.15. The number of hydrogen-bond acceptors (Lipinski definition) is 4. The number of carbonyl (C=O) groups is 1. The van der Waals surface area contributed by atoms with E-state index in [0.29, 0.717) is 12.2 Å². The van der Waals surface area contributed by atoms with Crippen molar-refractivity contribution >= 4 is 5.91 Å². The van der Waals surface area contributed by atoms with Gasteiger partial charge in [0.1, 0.15) is 5.69 Å². The number of hydrogen-bond donors (Lipinski definition) is 2. The van der Waals surface area contributed by atoms with Crippen molar-refractivity contribution in [2.24, 2.45) is 7.05 Å². The van der Waals surface area contributed by atoms with Gasteiger partial charge < -0.3 is 10.2 Å². The highest BCUT2D eigenvalue weighted by Crippen LogP contribution is 2.24. The van der Waals surface area contributed by atoms with Gasteiger partial charge in [0.05, 0.1) is 11.4 Å². The summed E-state index contributed by atoms with van der Waals surface area (Å²) in [7, 11) is 5.93. The van der Waals surface area contributed by atoms with E-state index in [1.54, 1.807) is 6.07 Å². The minimum absolute atomic E-state index is 0.128. The molecule has 22 heavy (non-hydrogen) atoms. The number of nitrogens with one attached hydrogen (secondary N) is 2. The Kier molecular flexibility index (Phi) is 4.97. The van der Waals surface area contributed by atoms with Crippen molar-refractivity contribution in [1.82, 2.24) is 30.2 Å². The highest BCUT2D eigenvalue weighted by atomic mass is 16.1. The van der Waals surface area contributed by atoms with Gasteiger partial charge in [-0.1, -0.05) is 0 Å². The van der Waals surface area contributed by atoms with Gasteiger partial charge in [0.2, 0.25) is 0 Å². The monoisotopic (exact) mass is 304 g/mol. The number of amides is 1. The first kappa shape index (κ1) is 16.2. The summed E-state index contributed by atoms with van der Waals surface area (Å²) in [6, 6.07) is 1.78. The summed E-state index contributed by atoms with van der Waals surface area (Å²) < 4.78 is 1.82. The van der Waals surface area contributed by atoms with Crippen LogP contribution in [0.2, 0.25) is 0 Å². The first-order valence-electron chi connectivity index (χ1n) is 7.39. The third-order valence-electron chi connectivity index (χ3n) is 3.66. The minimum Gasteiger partial charge on any atom is -0.351 e. The van der Waals surface area contributed by atoms with Crippen LogP contribution in [0.3, 0.4) is 0 Å². The highest BCUT2D eigenvalue weighted by molar-refractivity contribution is 5.93. The Labute approximate surface area is 130 Å². The molecular formula is C15H24N6O. The van der Waals surface area contributed by atoms with E-state index in [-0.39, 0.29) is 5.91 Å². The van der Waals surface area contributed by atoms with Crippen molar-refractivity contribution in [2.45, 2.75) is 20.3 Å². The quantitative estimate of drug-likeness (QED) is 0.784. The van der Waals surface area contributed by atoms with Crippen LogP contribution in [0.1, 0.15) is 28.3 Å². The number of aryl methyl sites for hydroxylation is 2. The molecule has 2 rings (SSSR count). The molecule has 1 amide bonds. The molecule has 0 saturated heterocycles. The van der Waals surface area contributed by atoms with Gasteiger partial charge in [-0.3, -0.25) is 14.6 Å². The molecule has 0 atom stereocenters. The Balaban J connectivity index is 2.03. The van der Waals surface area contributed by atoms with Gasteiger partial charge in [0, 0.05) is 24.8 Å². The molecular weight excluding hydrogens is 280 g/mol. The first-order valence-corrected chi connectivity index (χ1v) is 7.39. The van der Waals surface area contributed by atoms with Crippen molar-refractivity contribution < 1.29 is 4.79 Å². The average molecular weight is 304 g/mol. The maximum Gasteiger partial charge on any atom is 0.269 e. The Bertz CT molecular complexity index is 655. The largest absolute Gasteiger partial charge is 0.351 e. The van der Waals surface area contributed by atoms with Crippen LogP contribution >= 0.6 is 0 Å². The third-order valence-corrected chi connectivity index (χ3v) is 3.66. The molecule has 0 bridgehead atoms. The van der Waals surface area contributed by atoms with Crippen LogP contribution in [0.25, 0.3) is 11.3 Å². The highest BCUT2D eigenvalue weighted by Gasteiger charge is 2.16. The molecule has 2 aromatic rings. The lowest BCUT2D eigenvalue weighted by atomic mass is 10.1. The molecule has 0 saturated carbocycles. The zero-order chi connectivity index (χ0) is 16.3.